The second kappa shape index (κ2) is 11.1. The van der Waals surface area contributed by atoms with E-state index >= 15 is 0 Å². The van der Waals surface area contributed by atoms with Gasteiger partial charge in [-0.1, -0.05) is 49.4 Å². The van der Waals surface area contributed by atoms with E-state index in [0.717, 1.165) is 50.4 Å². The predicted octanol–water partition coefficient (Wildman–Crippen LogP) is 2.77. The van der Waals surface area contributed by atoms with Crippen LogP contribution in [0.5, 0.6) is 0 Å². The van der Waals surface area contributed by atoms with Crippen LogP contribution in [0, 0.1) is 6.92 Å². The summed E-state index contributed by atoms with van der Waals surface area (Å²) < 4.78 is 0. The fourth-order valence-corrected chi connectivity index (χ4v) is 3.96. The molecule has 1 heterocycles. The molecular formula is C25H34N4O2. The Morgan fingerprint density at radius 1 is 0.935 bits per heavy atom. The molecule has 1 N–H and O–H groups in total. The Morgan fingerprint density at radius 3 is 2.26 bits per heavy atom. The van der Waals surface area contributed by atoms with E-state index in [1.165, 1.54) is 11.1 Å². The van der Waals surface area contributed by atoms with Crippen molar-refractivity contribution in [3.05, 3.63) is 65.2 Å². The summed E-state index contributed by atoms with van der Waals surface area (Å²) in [5.41, 5.74) is 4.61. The zero-order valence-corrected chi connectivity index (χ0v) is 18.9. The van der Waals surface area contributed by atoms with Gasteiger partial charge in [-0.3, -0.25) is 19.4 Å². The Balaban J connectivity index is 1.42. The van der Waals surface area contributed by atoms with Crippen LogP contribution >= 0.6 is 0 Å². The second-order valence-corrected chi connectivity index (χ2v) is 8.31. The first kappa shape index (κ1) is 23.0. The number of aryl methyl sites for hydroxylation is 2. The lowest BCUT2D eigenvalue weighted by atomic mass is 10.1. The summed E-state index contributed by atoms with van der Waals surface area (Å²) in [6.45, 7) is 8.78. The summed E-state index contributed by atoms with van der Waals surface area (Å²) in [6, 6.07) is 16.3. The summed E-state index contributed by atoms with van der Waals surface area (Å²) in [5.74, 6) is -0.0148. The molecule has 2 amide bonds. The van der Waals surface area contributed by atoms with Gasteiger partial charge in [0.2, 0.25) is 11.8 Å². The summed E-state index contributed by atoms with van der Waals surface area (Å²) >= 11 is 0. The van der Waals surface area contributed by atoms with Crippen LogP contribution in [0.4, 0.5) is 5.69 Å². The van der Waals surface area contributed by atoms with Gasteiger partial charge >= 0.3 is 0 Å². The number of carbonyl (C=O) groups is 2. The van der Waals surface area contributed by atoms with E-state index < -0.39 is 0 Å². The minimum atomic E-state index is -0.0979. The zero-order valence-electron chi connectivity index (χ0n) is 18.9. The van der Waals surface area contributed by atoms with E-state index in [-0.39, 0.29) is 24.9 Å². The van der Waals surface area contributed by atoms with Gasteiger partial charge in [0.15, 0.2) is 0 Å². The van der Waals surface area contributed by atoms with Crippen molar-refractivity contribution in [2.45, 2.75) is 26.8 Å². The number of piperazine rings is 1. The molecule has 1 fully saturated rings. The van der Waals surface area contributed by atoms with Crippen molar-refractivity contribution >= 4 is 17.5 Å². The summed E-state index contributed by atoms with van der Waals surface area (Å²) in [4.78, 5) is 31.2. The molecule has 0 saturated carbocycles. The lowest BCUT2D eigenvalue weighted by Gasteiger charge is -2.35. The number of nitrogens with one attached hydrogen (secondary N) is 1. The molecule has 0 unspecified atom stereocenters. The molecule has 1 aliphatic heterocycles. The SMILES string of the molecule is CCc1ccccc1NC(=O)CN(C)CC(=O)N1CCN(Cc2ccccc2C)CC1. The first-order valence-electron chi connectivity index (χ1n) is 11.1. The maximum absolute atomic E-state index is 12.7. The number of likely N-dealkylation sites (N-methyl/N-ethyl adjacent to an activating group) is 1. The number of amides is 2. The van der Waals surface area contributed by atoms with Crippen LogP contribution in [0.1, 0.15) is 23.6 Å². The minimum Gasteiger partial charge on any atom is -0.339 e. The molecule has 2 aromatic carbocycles. The van der Waals surface area contributed by atoms with Crippen LogP contribution in [-0.2, 0) is 22.6 Å². The summed E-state index contributed by atoms with van der Waals surface area (Å²) in [5, 5.41) is 2.97. The Morgan fingerprint density at radius 2 is 1.58 bits per heavy atom. The predicted molar refractivity (Wildman–Crippen MR) is 125 cm³/mol. The van der Waals surface area contributed by atoms with Gasteiger partial charge in [-0.2, -0.15) is 0 Å². The van der Waals surface area contributed by atoms with Gasteiger partial charge in [0.05, 0.1) is 13.1 Å². The molecule has 0 aliphatic carbocycles. The van der Waals surface area contributed by atoms with Crippen molar-refractivity contribution in [3.8, 4) is 0 Å². The number of rotatable bonds is 8. The molecule has 0 atom stereocenters. The quantitative estimate of drug-likeness (QED) is 0.711. The van der Waals surface area contributed by atoms with Gasteiger partial charge in [0.1, 0.15) is 0 Å². The minimum absolute atomic E-state index is 0.0831. The van der Waals surface area contributed by atoms with Crippen molar-refractivity contribution in [2.75, 3.05) is 51.6 Å². The highest BCUT2D eigenvalue weighted by molar-refractivity contribution is 5.93. The number of hydrogen-bond donors (Lipinski definition) is 1. The summed E-state index contributed by atoms with van der Waals surface area (Å²) in [7, 11) is 1.82. The topological polar surface area (TPSA) is 55.9 Å². The van der Waals surface area contributed by atoms with Crippen LogP contribution < -0.4 is 5.32 Å². The van der Waals surface area contributed by atoms with Gasteiger partial charge in [-0.15, -0.1) is 0 Å². The highest BCUT2D eigenvalue weighted by Crippen LogP contribution is 2.15. The lowest BCUT2D eigenvalue weighted by Crippen LogP contribution is -2.51. The average molecular weight is 423 g/mol. The Labute approximate surface area is 185 Å². The zero-order chi connectivity index (χ0) is 22.2. The molecule has 166 valence electrons. The van der Waals surface area contributed by atoms with Crippen LogP contribution in [0.2, 0.25) is 0 Å². The molecule has 31 heavy (non-hydrogen) atoms. The van der Waals surface area contributed by atoms with Crippen LogP contribution in [0.3, 0.4) is 0 Å². The first-order valence-corrected chi connectivity index (χ1v) is 11.1. The largest absolute Gasteiger partial charge is 0.339 e. The molecular weight excluding hydrogens is 388 g/mol. The van der Waals surface area contributed by atoms with E-state index in [0.29, 0.717) is 0 Å². The maximum atomic E-state index is 12.7. The summed E-state index contributed by atoms with van der Waals surface area (Å²) in [6.07, 6.45) is 0.862. The van der Waals surface area contributed by atoms with Gasteiger partial charge in [0, 0.05) is 38.4 Å². The van der Waals surface area contributed by atoms with Crippen LogP contribution in [-0.4, -0.2) is 72.8 Å². The van der Waals surface area contributed by atoms with Crippen molar-refractivity contribution in [1.29, 1.82) is 0 Å². The third kappa shape index (κ3) is 6.64. The molecule has 1 saturated heterocycles. The normalized spacial score (nSPS) is 14.6. The van der Waals surface area contributed by atoms with Crippen molar-refractivity contribution in [2.24, 2.45) is 0 Å². The van der Waals surface area contributed by atoms with Gasteiger partial charge in [-0.25, -0.2) is 0 Å². The smallest absolute Gasteiger partial charge is 0.238 e. The molecule has 0 aromatic heterocycles. The van der Waals surface area contributed by atoms with E-state index in [1.54, 1.807) is 4.90 Å². The Kier molecular flexibility index (Phi) is 8.20. The highest BCUT2D eigenvalue weighted by atomic mass is 16.2. The number of hydrogen-bond acceptors (Lipinski definition) is 4. The molecule has 3 rings (SSSR count). The molecule has 0 spiro atoms. The third-order valence-electron chi connectivity index (χ3n) is 5.87. The number of benzene rings is 2. The lowest BCUT2D eigenvalue weighted by molar-refractivity contribution is -0.134. The van der Waals surface area contributed by atoms with Gasteiger partial charge < -0.3 is 10.2 Å². The number of carbonyl (C=O) groups excluding carboxylic acids is 2. The van der Waals surface area contributed by atoms with Crippen molar-refractivity contribution < 1.29 is 9.59 Å². The van der Waals surface area contributed by atoms with Gasteiger partial charge in [-0.05, 0) is 43.1 Å². The van der Waals surface area contributed by atoms with E-state index in [4.69, 9.17) is 0 Å². The van der Waals surface area contributed by atoms with Crippen LogP contribution in [0.15, 0.2) is 48.5 Å². The fraction of sp³-hybridized carbons (Fsp3) is 0.440. The van der Waals surface area contributed by atoms with E-state index in [1.807, 2.05) is 36.2 Å². The molecule has 2 aromatic rings. The van der Waals surface area contributed by atoms with Crippen molar-refractivity contribution in [3.63, 3.8) is 0 Å². The standard InChI is InChI=1S/C25H34N4O2/c1-4-21-10-7-8-12-23(21)26-24(30)18-27(3)19-25(31)29-15-13-28(14-16-29)17-22-11-6-5-9-20(22)2/h5-12H,4,13-19H2,1-3H3,(H,26,30). The number of para-hydroxylation sites is 1. The van der Waals surface area contributed by atoms with E-state index in [2.05, 4.69) is 48.3 Å². The Bertz CT molecular complexity index is 891. The molecule has 0 bridgehead atoms. The van der Waals surface area contributed by atoms with Crippen molar-refractivity contribution in [1.82, 2.24) is 14.7 Å². The van der Waals surface area contributed by atoms with Crippen LogP contribution in [0.25, 0.3) is 0 Å². The highest BCUT2D eigenvalue weighted by Gasteiger charge is 2.22. The monoisotopic (exact) mass is 422 g/mol. The molecule has 6 heteroatoms. The van der Waals surface area contributed by atoms with E-state index in [9.17, 15) is 9.59 Å². The molecule has 1 aliphatic rings. The maximum Gasteiger partial charge on any atom is 0.238 e. The average Bonchev–Trinajstić information content (AvgIpc) is 2.76. The molecule has 6 nitrogen and oxygen atoms in total. The number of nitrogens with zero attached hydrogens (tertiary/aromatic N) is 3. The Hall–Kier alpha value is -2.70. The first-order chi connectivity index (χ1) is 15.0. The molecule has 0 radical (unpaired) electrons. The fourth-order valence-electron chi connectivity index (χ4n) is 3.96. The second-order valence-electron chi connectivity index (χ2n) is 8.31. The third-order valence-corrected chi connectivity index (χ3v) is 5.87. The van der Waals surface area contributed by atoms with Gasteiger partial charge in [0.25, 0.3) is 0 Å². The number of anilines is 1.